The first-order valence-corrected chi connectivity index (χ1v) is 26.3. The van der Waals surface area contributed by atoms with E-state index in [2.05, 4.69) is 58.2 Å². The number of nitrogens with one attached hydrogen (secondary N) is 13. The van der Waals surface area contributed by atoms with Crippen LogP contribution in [0, 0.1) is 0 Å². The second kappa shape index (κ2) is 30.4. The number of piperidine rings is 1. The first-order valence-electron chi connectivity index (χ1n) is 26.3. The number of hydrogen-bond donors (Lipinski definition) is 21. The summed E-state index contributed by atoms with van der Waals surface area (Å²) in [5, 5.41) is 111. The van der Waals surface area contributed by atoms with Gasteiger partial charge in [-0.1, -0.05) is 0 Å². The zero-order chi connectivity index (χ0) is 63.0. The molecular weight excluding hydrogens is 1140 g/mol. The van der Waals surface area contributed by atoms with Crippen molar-refractivity contribution in [2.45, 2.75) is 113 Å². The van der Waals surface area contributed by atoms with Gasteiger partial charge in [-0.2, -0.15) is 0 Å². The molecule has 466 valence electrons. The van der Waals surface area contributed by atoms with Crippen LogP contribution in [0.25, 0.3) is 6.08 Å². The molecule has 2 fully saturated rings. The number of benzene rings is 1. The van der Waals surface area contributed by atoms with Crippen LogP contribution >= 0.6 is 0 Å². The number of aliphatic hydroxyl groups excluding tert-OH is 4. The maximum absolute atomic E-state index is 14.2. The molecule has 1 aromatic rings. The van der Waals surface area contributed by atoms with Crippen molar-refractivity contribution in [3.8, 4) is 11.5 Å². The quantitative estimate of drug-likeness (QED) is 0.0221. The van der Waals surface area contributed by atoms with E-state index in [1.807, 2.05) is 10.6 Å². The highest BCUT2D eigenvalue weighted by Gasteiger charge is 2.47. The van der Waals surface area contributed by atoms with Crippen LogP contribution in [0.2, 0.25) is 0 Å². The molecule has 4 aliphatic rings. The fourth-order valence-corrected chi connectivity index (χ4v) is 9.05. The average molecular weight is 1210 g/mol. The number of nitrogens with two attached hydrogens (primary N) is 1. The molecule has 22 N–H and O–H groups in total. The van der Waals surface area contributed by atoms with Crippen molar-refractivity contribution >= 4 is 94.5 Å². The summed E-state index contributed by atoms with van der Waals surface area (Å²) < 4.78 is 0. The Morgan fingerprint density at radius 3 is 2.06 bits per heavy atom. The lowest BCUT2D eigenvalue weighted by molar-refractivity contribution is -0.881. The minimum atomic E-state index is -2.79. The summed E-state index contributed by atoms with van der Waals surface area (Å²) in [6, 6.07) is -9.31. The maximum atomic E-state index is 14.2. The Morgan fingerprint density at radius 1 is 0.776 bits per heavy atom. The van der Waals surface area contributed by atoms with Gasteiger partial charge >= 0.3 is 0 Å². The summed E-state index contributed by atoms with van der Waals surface area (Å²) in [6.45, 7) is -1.68. The van der Waals surface area contributed by atoms with Crippen molar-refractivity contribution in [3.63, 3.8) is 0 Å². The maximum Gasteiger partial charge on any atom is 0.279 e. The molecular formula is C48H68N16O21. The van der Waals surface area contributed by atoms with Gasteiger partial charge < -0.3 is 105 Å². The molecule has 5 rings (SSSR count). The SMILES string of the molecule is CC(NC(=O)CNC(=O)C(C)NC(=O)C(NC(=O)C(CO)NC(=O)CNC(=O)C1CCN=C(C(CO)NC(=O)C2CCNC3C(NC(=O)CC(O)C(N)=O)=Cc4cc(O)c(O)cc4[NH+]23)N1)C(O)C(=O)[O-])C(=O)NCC(=O)NC1CCCN(O)C1=O. The normalized spacial score (nSPS) is 21.3. The minimum absolute atomic E-state index is 0.0202. The first-order chi connectivity index (χ1) is 40.1. The van der Waals surface area contributed by atoms with Crippen molar-refractivity contribution in [2.24, 2.45) is 10.7 Å². The number of phenols is 2. The van der Waals surface area contributed by atoms with E-state index >= 15 is 0 Å². The molecule has 0 spiro atoms. The highest BCUT2D eigenvalue weighted by Crippen LogP contribution is 2.33. The lowest BCUT2D eigenvalue weighted by Crippen LogP contribution is -3.20. The topological polar surface area (TPSA) is 577 Å². The number of carboxylic acids is 1. The van der Waals surface area contributed by atoms with E-state index in [1.54, 1.807) is 0 Å². The van der Waals surface area contributed by atoms with Crippen LogP contribution in [0.1, 0.15) is 51.5 Å². The molecule has 4 heterocycles. The molecule has 1 aromatic carbocycles. The molecule has 12 amide bonds. The Labute approximate surface area is 481 Å². The molecule has 4 aliphatic heterocycles. The number of fused-ring (bicyclic) bond motifs is 3. The van der Waals surface area contributed by atoms with E-state index < -0.39 is 194 Å². The molecule has 85 heavy (non-hydrogen) atoms. The van der Waals surface area contributed by atoms with Crippen LogP contribution in [0.15, 0.2) is 22.8 Å². The van der Waals surface area contributed by atoms with Gasteiger partial charge in [0.1, 0.15) is 66.0 Å². The number of amidine groups is 1. The number of aliphatic carboxylic acids is 1. The average Bonchev–Trinajstić information content (AvgIpc) is 1.16. The molecule has 12 unspecified atom stereocenters. The van der Waals surface area contributed by atoms with Gasteiger partial charge in [-0.25, -0.2) is 5.06 Å². The van der Waals surface area contributed by atoms with Crippen LogP contribution in [0.5, 0.6) is 11.5 Å². The van der Waals surface area contributed by atoms with Crippen LogP contribution in [0.3, 0.4) is 0 Å². The van der Waals surface area contributed by atoms with E-state index in [9.17, 15) is 103 Å². The Balaban J connectivity index is 1.09. The predicted molar refractivity (Wildman–Crippen MR) is 280 cm³/mol. The number of aliphatic hydroxyl groups is 4. The third-order valence-corrected chi connectivity index (χ3v) is 13.5. The number of carbonyl (C=O) groups excluding carboxylic acids is 13. The molecule has 37 heteroatoms. The number of amides is 12. The molecule has 0 saturated carbocycles. The van der Waals surface area contributed by atoms with E-state index in [-0.39, 0.29) is 56.0 Å². The fourth-order valence-electron chi connectivity index (χ4n) is 9.05. The van der Waals surface area contributed by atoms with Gasteiger partial charge in [0, 0.05) is 37.7 Å². The van der Waals surface area contributed by atoms with Gasteiger partial charge in [0.25, 0.3) is 11.8 Å². The number of rotatable bonds is 27. The standard InChI is InChI=1S/C48H68N16O21/c1-19(41(76)53-15-34(72)57-23-4-3-9-63(85)47(23)82)55-33(71)14-52-42(77)20(2)56-46(81)36(37(74)48(83)84)62-44(79)26(18-66)59-35(73)16-54-43(78)22-5-7-50-39(60-22)25(17-65)61-45(80)27-6-8-51-40-24(58-32(70)13-31(69)38(49)75)10-21-11-29(67)30(68)12-28(21)64(27)40/h10-12,19-20,22-23,25-27,31,36-37,40,51,65-69,74,85H,3-9,13-18H2,1-2H3,(H2,49,75)(H,50,60)(H,52,77)(H,53,76)(H,54,78)(H,55,71)(H,56,81)(H,57,72)(H,58,70)(H,59,73)(H,61,80)(H,62,79)(H,83,84). The third kappa shape index (κ3) is 18.2. The lowest BCUT2D eigenvalue weighted by atomic mass is 9.96. The number of hydrogen-bond acceptors (Lipinski definition) is 24. The van der Waals surface area contributed by atoms with E-state index in [1.165, 1.54) is 25.1 Å². The number of aliphatic imine (C=N–C) groups is 1. The Bertz CT molecular complexity index is 2840. The van der Waals surface area contributed by atoms with Crippen molar-refractivity contribution in [1.29, 1.82) is 0 Å². The number of carboxylic acid groups (broad SMARTS) is 1. The van der Waals surface area contributed by atoms with Crippen LogP contribution < -0.4 is 79.5 Å². The van der Waals surface area contributed by atoms with Gasteiger partial charge in [-0.05, 0) is 45.3 Å². The number of nitrogens with zero attached hydrogens (tertiary/aromatic N) is 2. The van der Waals surface area contributed by atoms with Crippen molar-refractivity contribution in [2.75, 3.05) is 52.5 Å². The number of primary amides is 1. The zero-order valence-electron chi connectivity index (χ0n) is 45.6. The van der Waals surface area contributed by atoms with Crippen molar-refractivity contribution in [1.82, 2.24) is 68.9 Å². The monoisotopic (exact) mass is 1200 g/mol. The van der Waals surface area contributed by atoms with Gasteiger partial charge in [0.15, 0.2) is 23.7 Å². The number of hydroxylamine groups is 2. The number of quaternary nitrogens is 1. The molecule has 0 aromatic heterocycles. The first kappa shape index (κ1) is 66.7. The van der Waals surface area contributed by atoms with Crippen LogP contribution in [-0.2, 0) is 62.3 Å². The Hall–Kier alpha value is -9.14. The molecule has 12 atom stereocenters. The summed E-state index contributed by atoms with van der Waals surface area (Å²) in [5.41, 5.74) is 5.83. The highest BCUT2D eigenvalue weighted by atomic mass is 16.5. The smallest absolute Gasteiger partial charge is 0.279 e. The molecule has 0 radical (unpaired) electrons. The second-order valence-electron chi connectivity index (χ2n) is 19.8. The number of aromatic hydroxyl groups is 2. The molecule has 2 saturated heterocycles. The molecule has 37 nitrogen and oxygen atoms in total. The van der Waals surface area contributed by atoms with E-state index in [4.69, 9.17) is 5.73 Å². The van der Waals surface area contributed by atoms with Crippen molar-refractivity contribution < 1.29 is 108 Å². The summed E-state index contributed by atoms with van der Waals surface area (Å²) in [4.78, 5) is 169. The third-order valence-electron chi connectivity index (χ3n) is 13.5. The van der Waals surface area contributed by atoms with Gasteiger partial charge in [-0.3, -0.25) is 78.0 Å². The van der Waals surface area contributed by atoms with Gasteiger partial charge in [-0.15, -0.1) is 0 Å². The zero-order valence-corrected chi connectivity index (χ0v) is 45.6. The van der Waals surface area contributed by atoms with Crippen LogP contribution in [0.4, 0.5) is 5.69 Å². The van der Waals surface area contributed by atoms with Crippen molar-refractivity contribution in [3.05, 3.63) is 23.4 Å². The Morgan fingerprint density at radius 2 is 1.41 bits per heavy atom. The minimum Gasteiger partial charge on any atom is -0.547 e. The van der Waals surface area contributed by atoms with Crippen LogP contribution in [-0.4, -0.2) is 243 Å². The number of phenolic OH excluding ortho intramolecular Hbond substituents is 2. The highest BCUT2D eigenvalue weighted by molar-refractivity contribution is 6.00. The summed E-state index contributed by atoms with van der Waals surface area (Å²) >= 11 is 0. The number of carbonyl (C=O) groups is 13. The second-order valence-corrected chi connectivity index (χ2v) is 19.8. The molecule has 0 bridgehead atoms. The fraction of sp³-hybridized carbons (Fsp3) is 0.542. The summed E-state index contributed by atoms with van der Waals surface area (Å²) in [6.07, 6.45) is -3.91. The van der Waals surface area contributed by atoms with Gasteiger partial charge in [0.05, 0.1) is 50.9 Å². The lowest BCUT2D eigenvalue weighted by Gasteiger charge is -2.42. The predicted octanol–water partition coefficient (Wildman–Crippen LogP) is -13.8. The van der Waals surface area contributed by atoms with E-state index in [0.29, 0.717) is 22.1 Å². The van der Waals surface area contributed by atoms with E-state index in [0.717, 1.165) is 6.92 Å². The van der Waals surface area contributed by atoms with Gasteiger partial charge in [0.2, 0.25) is 59.1 Å². The molecule has 0 aliphatic carbocycles. The Kier molecular flexibility index (Phi) is 23.9. The largest absolute Gasteiger partial charge is 0.547 e. The summed E-state index contributed by atoms with van der Waals surface area (Å²) in [5.74, 6) is -15.3. The summed E-state index contributed by atoms with van der Waals surface area (Å²) in [7, 11) is 0.